The molecule has 0 heterocycles. The molecule has 0 aromatic heterocycles. The zero-order valence-corrected chi connectivity index (χ0v) is 13.4. The predicted octanol–water partition coefficient (Wildman–Crippen LogP) is 3.35. The van der Waals surface area contributed by atoms with E-state index in [0.717, 1.165) is 13.0 Å². The molecule has 19 heavy (non-hydrogen) atoms. The van der Waals surface area contributed by atoms with Crippen LogP contribution in [-0.4, -0.2) is 19.1 Å². The van der Waals surface area contributed by atoms with E-state index in [1.165, 1.54) is 38.5 Å². The highest BCUT2D eigenvalue weighted by Gasteiger charge is 1.93. The van der Waals surface area contributed by atoms with Crippen LogP contribution in [0.4, 0.5) is 0 Å². The molecule has 0 aliphatic rings. The highest BCUT2D eigenvalue weighted by atomic mass is 35.5. The van der Waals surface area contributed by atoms with Crippen LogP contribution in [0.15, 0.2) is 0 Å². The van der Waals surface area contributed by atoms with E-state index in [9.17, 15) is 0 Å². The van der Waals surface area contributed by atoms with E-state index in [-0.39, 0.29) is 18.4 Å². The molecular weight excluding hydrogens is 256 g/mol. The van der Waals surface area contributed by atoms with Gasteiger partial charge < -0.3 is 11.1 Å². The van der Waals surface area contributed by atoms with Gasteiger partial charge in [-0.2, -0.15) is 0 Å². The predicted molar refractivity (Wildman–Crippen MR) is 89.4 cm³/mol. The molecule has 0 saturated carbocycles. The molecule has 0 aliphatic heterocycles. The van der Waals surface area contributed by atoms with E-state index >= 15 is 0 Å². The summed E-state index contributed by atoms with van der Waals surface area (Å²) in [5.74, 6) is 5.04. The number of hydrogen-bond acceptors (Lipinski definition) is 2. The lowest BCUT2D eigenvalue weighted by Gasteiger charge is -2.00. The van der Waals surface area contributed by atoms with Gasteiger partial charge in [-0.3, -0.25) is 0 Å². The third kappa shape index (κ3) is 26.8. The van der Waals surface area contributed by atoms with E-state index in [2.05, 4.69) is 31.0 Å². The number of terminal acetylenes is 2. The fourth-order valence-corrected chi connectivity index (χ4v) is 1.36. The van der Waals surface area contributed by atoms with E-state index < -0.39 is 0 Å². The molecule has 0 aromatic rings. The molecule has 1 atom stereocenters. The summed E-state index contributed by atoms with van der Waals surface area (Å²) in [6.07, 6.45) is 18.6. The van der Waals surface area contributed by atoms with Crippen LogP contribution in [0.25, 0.3) is 0 Å². The Kier molecular flexibility index (Phi) is 27.7. The summed E-state index contributed by atoms with van der Waals surface area (Å²) in [5, 5.41) is 3.13. The summed E-state index contributed by atoms with van der Waals surface area (Å²) in [6.45, 7) is 6.14. The van der Waals surface area contributed by atoms with Crippen molar-refractivity contribution < 1.29 is 0 Å². The van der Waals surface area contributed by atoms with E-state index in [1.54, 1.807) is 0 Å². The van der Waals surface area contributed by atoms with Gasteiger partial charge in [-0.15, -0.1) is 25.3 Å². The zero-order valence-electron chi connectivity index (χ0n) is 12.6. The van der Waals surface area contributed by atoms with Crippen LogP contribution >= 0.6 is 12.4 Å². The van der Waals surface area contributed by atoms with Crippen LogP contribution in [0.5, 0.6) is 0 Å². The quantitative estimate of drug-likeness (QED) is 0.504. The van der Waals surface area contributed by atoms with Crippen molar-refractivity contribution in [3.05, 3.63) is 0 Å². The summed E-state index contributed by atoms with van der Waals surface area (Å²) in [6, 6.07) is -0.0171. The van der Waals surface area contributed by atoms with Crippen molar-refractivity contribution >= 4 is 12.4 Å². The second-order valence-corrected chi connectivity index (χ2v) is 4.36. The summed E-state index contributed by atoms with van der Waals surface area (Å²) < 4.78 is 0. The Bertz CT molecular complexity index is 228. The van der Waals surface area contributed by atoms with E-state index in [1.807, 2.05) is 0 Å². The van der Waals surface area contributed by atoms with Crippen molar-refractivity contribution in [2.24, 2.45) is 5.73 Å². The number of halogens is 1. The van der Waals surface area contributed by atoms with Gasteiger partial charge in [-0.25, -0.2) is 0 Å². The van der Waals surface area contributed by atoms with Gasteiger partial charge in [-0.1, -0.05) is 57.8 Å². The first-order valence-corrected chi connectivity index (χ1v) is 7.08. The van der Waals surface area contributed by atoms with Gasteiger partial charge in [0, 0.05) is 0 Å². The maximum absolute atomic E-state index is 5.48. The van der Waals surface area contributed by atoms with Crippen LogP contribution in [0.2, 0.25) is 0 Å². The Morgan fingerprint density at radius 2 is 1.63 bits per heavy atom. The molecule has 0 radical (unpaired) electrons. The molecule has 1 unspecified atom stereocenters. The molecule has 3 heteroatoms. The summed E-state index contributed by atoms with van der Waals surface area (Å²) in [5.41, 5.74) is 5.48. The fraction of sp³-hybridized carbons (Fsp3) is 0.750. The number of nitrogens with two attached hydrogens (primary N) is 1. The number of unbranched alkanes of at least 4 members (excludes halogenated alkanes) is 4. The van der Waals surface area contributed by atoms with Gasteiger partial charge in [-0.05, 0) is 19.4 Å². The molecule has 0 aliphatic carbocycles. The van der Waals surface area contributed by atoms with Crippen LogP contribution in [0, 0.1) is 24.7 Å². The first-order chi connectivity index (χ1) is 8.72. The standard InChI is InChI=1S/2C8H15N.ClH/c1-3-5-6-7-8(9)4-2;1-3-5-6-8-9-7-4-2;/h2,8H,3,5-7,9H2,1H3;2,9H,3,5-8H2,1H3;1H. The molecular formula is C16H31ClN2. The van der Waals surface area contributed by atoms with Crippen LogP contribution in [-0.2, 0) is 0 Å². The third-order valence-electron chi connectivity index (χ3n) is 2.52. The van der Waals surface area contributed by atoms with Crippen molar-refractivity contribution in [1.82, 2.24) is 5.32 Å². The molecule has 0 rings (SSSR count). The molecule has 0 aromatic carbocycles. The topological polar surface area (TPSA) is 38.0 Å². The highest BCUT2D eigenvalue weighted by Crippen LogP contribution is 2.00. The summed E-state index contributed by atoms with van der Waals surface area (Å²) in [7, 11) is 0. The lowest BCUT2D eigenvalue weighted by molar-refractivity contribution is 0.632. The zero-order chi connectivity index (χ0) is 14.1. The minimum atomic E-state index is -0.0171. The van der Waals surface area contributed by atoms with Crippen molar-refractivity contribution in [2.45, 2.75) is 64.8 Å². The molecule has 112 valence electrons. The first kappa shape index (κ1) is 23.4. The second-order valence-electron chi connectivity index (χ2n) is 4.36. The SMILES string of the molecule is C#CC(N)CCCCC.C#CCNCCCCC.Cl. The molecule has 0 bridgehead atoms. The Balaban J connectivity index is -0.000000256. The first-order valence-electron chi connectivity index (χ1n) is 7.08. The van der Waals surface area contributed by atoms with Gasteiger partial charge in [0.05, 0.1) is 12.6 Å². The van der Waals surface area contributed by atoms with Gasteiger partial charge in [0.1, 0.15) is 0 Å². The Morgan fingerprint density at radius 1 is 1.05 bits per heavy atom. The van der Waals surface area contributed by atoms with Gasteiger partial charge in [0.25, 0.3) is 0 Å². The van der Waals surface area contributed by atoms with Gasteiger partial charge >= 0.3 is 0 Å². The van der Waals surface area contributed by atoms with Gasteiger partial charge in [0.2, 0.25) is 0 Å². The lowest BCUT2D eigenvalue weighted by atomic mass is 10.1. The van der Waals surface area contributed by atoms with Crippen LogP contribution in [0.3, 0.4) is 0 Å². The lowest BCUT2D eigenvalue weighted by Crippen LogP contribution is -2.16. The Labute approximate surface area is 126 Å². The minimum absolute atomic E-state index is 0. The molecule has 0 amide bonds. The second kappa shape index (κ2) is 22.5. The largest absolute Gasteiger partial charge is 0.318 e. The highest BCUT2D eigenvalue weighted by molar-refractivity contribution is 5.85. The van der Waals surface area contributed by atoms with Crippen molar-refractivity contribution in [3.8, 4) is 24.7 Å². The average Bonchev–Trinajstić information content (AvgIpc) is 2.39. The fourth-order valence-electron chi connectivity index (χ4n) is 1.36. The van der Waals surface area contributed by atoms with E-state index in [0.29, 0.717) is 6.54 Å². The van der Waals surface area contributed by atoms with Crippen molar-refractivity contribution in [2.75, 3.05) is 13.1 Å². The Morgan fingerprint density at radius 3 is 2.11 bits per heavy atom. The summed E-state index contributed by atoms with van der Waals surface area (Å²) >= 11 is 0. The Hall–Kier alpha value is -0.670. The minimum Gasteiger partial charge on any atom is -0.318 e. The van der Waals surface area contributed by atoms with Crippen molar-refractivity contribution in [1.29, 1.82) is 0 Å². The molecule has 0 saturated heterocycles. The normalized spacial score (nSPS) is 10.2. The number of hydrogen-bond donors (Lipinski definition) is 2. The number of nitrogens with one attached hydrogen (secondary N) is 1. The van der Waals surface area contributed by atoms with Crippen LogP contribution < -0.4 is 11.1 Å². The smallest absolute Gasteiger partial charge is 0.0661 e. The third-order valence-corrected chi connectivity index (χ3v) is 2.52. The summed E-state index contributed by atoms with van der Waals surface area (Å²) in [4.78, 5) is 0. The molecule has 2 nitrogen and oxygen atoms in total. The molecule has 3 N–H and O–H groups in total. The van der Waals surface area contributed by atoms with Crippen molar-refractivity contribution in [3.63, 3.8) is 0 Å². The monoisotopic (exact) mass is 286 g/mol. The number of rotatable bonds is 9. The van der Waals surface area contributed by atoms with Crippen LogP contribution in [0.1, 0.15) is 58.8 Å². The average molecular weight is 287 g/mol. The molecule has 0 spiro atoms. The molecule has 0 fully saturated rings. The maximum atomic E-state index is 5.48. The van der Waals surface area contributed by atoms with E-state index in [4.69, 9.17) is 18.6 Å². The van der Waals surface area contributed by atoms with Gasteiger partial charge in [0.15, 0.2) is 0 Å². The maximum Gasteiger partial charge on any atom is 0.0661 e.